The van der Waals surface area contributed by atoms with Gasteiger partial charge in [-0.2, -0.15) is 0 Å². The maximum absolute atomic E-state index is 6.70. The standard InChI is InChI=1S/C15H22NO.3C4H9.Sn/c1-3-9-16(10-4-2)14-11-13-7-5-6-8-15(13)17-12-14;3*1-3-4-2;/h5-7,14H,3-4,9-12H2,1-2H3;3*1,3-4H2,2H3;. The second-order valence-electron chi connectivity index (χ2n) is 9.59. The number of fused-ring (bicyclic) bond motifs is 1. The van der Waals surface area contributed by atoms with Crippen LogP contribution in [-0.4, -0.2) is 49.0 Å². The second kappa shape index (κ2) is 14.0. The van der Waals surface area contributed by atoms with Gasteiger partial charge in [-0.05, 0) is 0 Å². The topological polar surface area (TPSA) is 12.5 Å². The number of nitrogens with zero attached hydrogens (tertiary/aromatic N) is 1. The summed E-state index contributed by atoms with van der Waals surface area (Å²) in [7, 11) is 0. The van der Waals surface area contributed by atoms with Gasteiger partial charge < -0.3 is 0 Å². The van der Waals surface area contributed by atoms with Gasteiger partial charge in [0.25, 0.3) is 0 Å². The summed E-state index contributed by atoms with van der Waals surface area (Å²) in [6, 6.07) is 7.81. The van der Waals surface area contributed by atoms with Gasteiger partial charge in [0, 0.05) is 0 Å². The third-order valence-electron chi connectivity index (χ3n) is 7.11. The van der Waals surface area contributed by atoms with E-state index >= 15 is 0 Å². The summed E-state index contributed by atoms with van der Waals surface area (Å²) in [6.45, 7) is 15.0. The Morgan fingerprint density at radius 3 is 1.90 bits per heavy atom. The number of unbranched alkanes of at least 4 members (excludes halogenated alkanes) is 3. The second-order valence-corrected chi connectivity index (χ2v) is 22.7. The monoisotopic (exact) mass is 523 g/mol. The average molecular weight is 522 g/mol. The number of hydrogen-bond donors (Lipinski definition) is 0. The molecule has 0 aromatic heterocycles. The van der Waals surface area contributed by atoms with Crippen LogP contribution in [-0.2, 0) is 6.42 Å². The molecular formula is C27H49NOSn. The Kier molecular flexibility index (Phi) is 12.2. The zero-order valence-corrected chi connectivity index (χ0v) is 23.6. The quantitative estimate of drug-likeness (QED) is 0.227. The first-order valence-corrected chi connectivity index (χ1v) is 20.6. The molecule has 0 amide bonds. The Labute approximate surface area is 192 Å². The van der Waals surface area contributed by atoms with Crippen LogP contribution in [0.4, 0.5) is 0 Å². The van der Waals surface area contributed by atoms with E-state index in [9.17, 15) is 0 Å². The molecule has 0 N–H and O–H groups in total. The fraction of sp³-hybridized carbons (Fsp3) is 0.778. The Balaban J connectivity index is 2.36. The van der Waals surface area contributed by atoms with E-state index in [4.69, 9.17) is 4.74 Å². The van der Waals surface area contributed by atoms with E-state index in [0.717, 1.165) is 6.61 Å². The number of benzene rings is 1. The fourth-order valence-electron chi connectivity index (χ4n) is 5.44. The van der Waals surface area contributed by atoms with Crippen molar-refractivity contribution in [2.75, 3.05) is 19.7 Å². The molecular weight excluding hydrogens is 473 g/mol. The van der Waals surface area contributed by atoms with E-state index in [1.807, 2.05) is 0 Å². The van der Waals surface area contributed by atoms with Crippen molar-refractivity contribution >= 4 is 22.0 Å². The minimum atomic E-state index is -2.47. The van der Waals surface area contributed by atoms with E-state index < -0.39 is 18.4 Å². The van der Waals surface area contributed by atoms with Crippen LogP contribution < -0.4 is 8.32 Å². The molecule has 2 nitrogen and oxygen atoms in total. The molecule has 3 heteroatoms. The normalized spacial score (nSPS) is 16.5. The molecule has 1 aromatic carbocycles. The van der Waals surface area contributed by atoms with E-state index in [1.54, 1.807) is 3.58 Å². The molecule has 0 aliphatic carbocycles. The van der Waals surface area contributed by atoms with E-state index in [2.05, 4.69) is 57.7 Å². The van der Waals surface area contributed by atoms with Crippen LogP contribution in [0.2, 0.25) is 13.3 Å². The molecule has 1 atom stereocenters. The first-order valence-electron chi connectivity index (χ1n) is 13.1. The van der Waals surface area contributed by atoms with Crippen molar-refractivity contribution in [3.05, 3.63) is 23.8 Å². The van der Waals surface area contributed by atoms with Gasteiger partial charge in [-0.3, -0.25) is 0 Å². The van der Waals surface area contributed by atoms with Crippen molar-refractivity contribution in [1.82, 2.24) is 4.90 Å². The number of hydrogen-bond acceptors (Lipinski definition) is 2. The van der Waals surface area contributed by atoms with Gasteiger partial charge in [-0.25, -0.2) is 0 Å². The summed E-state index contributed by atoms with van der Waals surface area (Å²) in [5, 5.41) is 0. The predicted octanol–water partition coefficient (Wildman–Crippen LogP) is 7.17. The molecule has 0 saturated heterocycles. The molecule has 30 heavy (non-hydrogen) atoms. The summed E-state index contributed by atoms with van der Waals surface area (Å²) in [6.07, 6.45) is 11.9. The van der Waals surface area contributed by atoms with Crippen molar-refractivity contribution in [3.8, 4) is 5.75 Å². The average Bonchev–Trinajstić information content (AvgIpc) is 2.78. The Bertz CT molecular complexity index is 575. The van der Waals surface area contributed by atoms with Gasteiger partial charge in [-0.15, -0.1) is 0 Å². The fourth-order valence-corrected chi connectivity index (χ4v) is 22.0. The molecule has 1 aliphatic rings. The van der Waals surface area contributed by atoms with Crippen molar-refractivity contribution in [1.29, 1.82) is 0 Å². The van der Waals surface area contributed by atoms with Crippen molar-refractivity contribution in [2.45, 2.75) is 112 Å². The van der Waals surface area contributed by atoms with Gasteiger partial charge in [0.1, 0.15) is 0 Å². The summed E-state index contributed by atoms with van der Waals surface area (Å²) in [5.41, 5.74) is 1.51. The Morgan fingerprint density at radius 2 is 1.40 bits per heavy atom. The summed E-state index contributed by atoms with van der Waals surface area (Å²) in [4.78, 5) is 2.68. The Morgan fingerprint density at radius 1 is 0.833 bits per heavy atom. The minimum absolute atomic E-state index is 0.555. The molecule has 1 aliphatic heterocycles. The van der Waals surface area contributed by atoms with Gasteiger partial charge in [-0.1, -0.05) is 0 Å². The maximum atomic E-state index is 6.70. The summed E-state index contributed by atoms with van der Waals surface area (Å²) < 4.78 is 13.0. The number of ether oxygens (including phenoxy) is 1. The zero-order valence-electron chi connectivity index (χ0n) is 20.8. The molecule has 1 unspecified atom stereocenters. The molecule has 0 saturated carbocycles. The summed E-state index contributed by atoms with van der Waals surface area (Å²) >= 11 is -2.47. The van der Waals surface area contributed by atoms with Crippen LogP contribution in [0.3, 0.4) is 0 Å². The van der Waals surface area contributed by atoms with Crippen LogP contribution >= 0.6 is 0 Å². The van der Waals surface area contributed by atoms with Gasteiger partial charge in [0.2, 0.25) is 0 Å². The van der Waals surface area contributed by atoms with Crippen LogP contribution in [0.15, 0.2) is 18.2 Å². The van der Waals surface area contributed by atoms with Crippen LogP contribution in [0, 0.1) is 0 Å². The van der Waals surface area contributed by atoms with Crippen LogP contribution in [0.25, 0.3) is 0 Å². The molecule has 0 spiro atoms. The van der Waals surface area contributed by atoms with Crippen molar-refractivity contribution < 1.29 is 4.74 Å². The van der Waals surface area contributed by atoms with E-state index in [0.29, 0.717) is 6.04 Å². The zero-order chi connectivity index (χ0) is 21.8. The molecule has 2 rings (SSSR count). The molecule has 172 valence electrons. The SMILES string of the molecule is CCC[CH2][Sn]([CH2]CCC)([CH2]CCC)[c]1cccc2c1OCC(N(CCC)CCC)C2. The first-order chi connectivity index (χ1) is 14.7. The van der Waals surface area contributed by atoms with Crippen LogP contribution in [0.5, 0.6) is 5.75 Å². The third-order valence-corrected chi connectivity index (χ3v) is 22.7. The molecule has 0 fully saturated rings. The number of rotatable bonds is 15. The first kappa shape index (κ1) is 26.0. The molecule has 0 radical (unpaired) electrons. The van der Waals surface area contributed by atoms with Crippen molar-refractivity contribution in [2.24, 2.45) is 0 Å². The van der Waals surface area contributed by atoms with E-state index in [1.165, 1.54) is 95.5 Å². The summed E-state index contributed by atoms with van der Waals surface area (Å²) in [5.74, 6) is 1.35. The van der Waals surface area contributed by atoms with E-state index in [-0.39, 0.29) is 0 Å². The molecule has 1 heterocycles. The van der Waals surface area contributed by atoms with Crippen molar-refractivity contribution in [3.63, 3.8) is 0 Å². The molecule has 1 aromatic rings. The van der Waals surface area contributed by atoms with Gasteiger partial charge in [0.15, 0.2) is 0 Å². The third kappa shape index (κ3) is 6.89. The van der Waals surface area contributed by atoms with Crippen LogP contribution in [0.1, 0.15) is 91.5 Å². The van der Waals surface area contributed by atoms with Gasteiger partial charge in [0.05, 0.1) is 0 Å². The van der Waals surface area contributed by atoms with Gasteiger partial charge >= 0.3 is 193 Å². The number of para-hydroxylation sites is 1. The Hall–Kier alpha value is -0.221. The predicted molar refractivity (Wildman–Crippen MR) is 136 cm³/mol. The molecule has 0 bridgehead atoms.